The first kappa shape index (κ1) is 20.0. The Morgan fingerprint density at radius 2 is 2.15 bits per heavy atom. The number of rotatable bonds is 7. The van der Waals surface area contributed by atoms with E-state index in [4.69, 9.17) is 4.74 Å². The zero-order chi connectivity index (χ0) is 19.1. The maximum Gasteiger partial charge on any atom is 0.262 e. The third-order valence-electron chi connectivity index (χ3n) is 3.87. The number of methoxy groups -OCH3 is 1. The fourth-order valence-electron chi connectivity index (χ4n) is 2.38. The summed E-state index contributed by atoms with van der Waals surface area (Å²) in [4.78, 5) is 12.4. The lowest BCUT2D eigenvalue weighted by Gasteiger charge is -2.18. The number of hydrazone groups is 1. The lowest BCUT2D eigenvalue weighted by molar-refractivity contribution is -0.121. The highest BCUT2D eigenvalue weighted by Gasteiger charge is 2.16. The average molecular weight is 467 g/mol. The minimum Gasteiger partial charge on any atom is -0.504 e. The van der Waals surface area contributed by atoms with Crippen molar-refractivity contribution in [2.24, 2.45) is 5.10 Å². The van der Waals surface area contributed by atoms with Crippen LogP contribution in [-0.4, -0.2) is 30.4 Å². The number of anilines is 1. The number of carbonyl (C=O) groups excluding carboxylic acids is 1. The molecule has 0 aliphatic heterocycles. The van der Waals surface area contributed by atoms with Crippen LogP contribution in [0.15, 0.2) is 41.5 Å². The van der Waals surface area contributed by atoms with Gasteiger partial charge in [-0.2, -0.15) is 5.10 Å². The number of benzene rings is 2. The number of hydrogen-bond acceptors (Lipinski definition) is 5. The van der Waals surface area contributed by atoms with Crippen molar-refractivity contribution in [1.82, 2.24) is 5.43 Å². The predicted molar refractivity (Wildman–Crippen MR) is 112 cm³/mol. The first-order chi connectivity index (χ1) is 12.5. The van der Waals surface area contributed by atoms with Gasteiger partial charge in [0, 0.05) is 14.8 Å². The van der Waals surface area contributed by atoms with E-state index in [-0.39, 0.29) is 11.7 Å². The Balaban J connectivity index is 2.03. The minimum absolute atomic E-state index is 0.0207. The van der Waals surface area contributed by atoms with E-state index in [1.165, 1.54) is 13.3 Å². The topological polar surface area (TPSA) is 83.0 Å². The molecule has 6 nitrogen and oxygen atoms in total. The number of nitrogens with one attached hydrogen (secondary N) is 2. The highest BCUT2D eigenvalue weighted by atomic mass is 127. The molecule has 1 unspecified atom stereocenters. The first-order valence-electron chi connectivity index (χ1n) is 8.17. The van der Waals surface area contributed by atoms with Gasteiger partial charge in [0.05, 0.1) is 13.3 Å². The Morgan fingerprint density at radius 3 is 2.81 bits per heavy atom. The van der Waals surface area contributed by atoms with E-state index in [0.717, 1.165) is 14.8 Å². The number of nitrogens with zero attached hydrogens (tertiary/aromatic N) is 1. The molecule has 0 heterocycles. The van der Waals surface area contributed by atoms with Gasteiger partial charge in [0.1, 0.15) is 6.04 Å². The number of ether oxygens (including phenoxy) is 1. The van der Waals surface area contributed by atoms with Gasteiger partial charge in [0.25, 0.3) is 5.91 Å². The number of halogens is 1. The summed E-state index contributed by atoms with van der Waals surface area (Å²) in [6.07, 6.45) is 2.00. The highest BCUT2D eigenvalue weighted by Crippen LogP contribution is 2.27. The van der Waals surface area contributed by atoms with Crippen LogP contribution in [0.25, 0.3) is 0 Å². The third kappa shape index (κ3) is 5.10. The molecule has 2 rings (SSSR count). The quantitative estimate of drug-likeness (QED) is 0.330. The molecule has 3 N–H and O–H groups in total. The van der Waals surface area contributed by atoms with Crippen molar-refractivity contribution in [1.29, 1.82) is 0 Å². The number of aromatic hydroxyl groups is 1. The fraction of sp³-hybridized carbons (Fsp3) is 0.263. The fourth-order valence-corrected chi connectivity index (χ4v) is 3.03. The monoisotopic (exact) mass is 467 g/mol. The molecule has 2 aromatic carbocycles. The molecule has 0 spiro atoms. The van der Waals surface area contributed by atoms with E-state index < -0.39 is 6.04 Å². The lowest BCUT2D eigenvalue weighted by atomic mass is 10.1. The Labute approximate surface area is 166 Å². The SMILES string of the molecule is CCC(Nc1ccc(I)cc1C)C(=O)N/N=C/c1cccc(OC)c1O. The van der Waals surface area contributed by atoms with E-state index in [2.05, 4.69) is 44.5 Å². The molecule has 0 fully saturated rings. The molecule has 1 atom stereocenters. The summed E-state index contributed by atoms with van der Waals surface area (Å²) in [5, 5.41) is 17.2. The van der Waals surface area contributed by atoms with Crippen molar-refractivity contribution >= 4 is 40.4 Å². The van der Waals surface area contributed by atoms with Gasteiger partial charge in [0.15, 0.2) is 11.5 Å². The number of phenolic OH excluding ortho intramolecular Hbond substituents is 1. The van der Waals surface area contributed by atoms with Crippen LogP contribution in [-0.2, 0) is 4.79 Å². The Morgan fingerprint density at radius 1 is 1.38 bits per heavy atom. The molecule has 138 valence electrons. The molecule has 0 radical (unpaired) electrons. The smallest absolute Gasteiger partial charge is 0.262 e. The number of phenols is 1. The molecule has 0 aromatic heterocycles. The van der Waals surface area contributed by atoms with Crippen LogP contribution in [0.5, 0.6) is 11.5 Å². The van der Waals surface area contributed by atoms with Crippen LogP contribution < -0.4 is 15.5 Å². The lowest BCUT2D eigenvalue weighted by Crippen LogP contribution is -2.37. The van der Waals surface area contributed by atoms with Crippen LogP contribution >= 0.6 is 22.6 Å². The Bertz CT molecular complexity index is 809. The molecule has 26 heavy (non-hydrogen) atoms. The van der Waals surface area contributed by atoms with Gasteiger partial charge in [-0.1, -0.05) is 13.0 Å². The van der Waals surface area contributed by atoms with Gasteiger partial charge in [0.2, 0.25) is 0 Å². The molecule has 0 saturated carbocycles. The molecule has 0 aliphatic rings. The second-order valence-corrected chi connectivity index (χ2v) is 6.94. The van der Waals surface area contributed by atoms with E-state index in [9.17, 15) is 9.90 Å². The molecular formula is C19H22IN3O3. The van der Waals surface area contributed by atoms with Gasteiger partial charge in [-0.05, 0) is 71.8 Å². The molecule has 0 aliphatic carbocycles. The molecule has 0 bridgehead atoms. The summed E-state index contributed by atoms with van der Waals surface area (Å²) < 4.78 is 6.19. The standard InChI is InChI=1S/C19H22IN3O3/c1-4-15(22-16-9-8-14(20)10-12(16)2)19(25)23-21-11-13-6-5-7-17(26-3)18(13)24/h5-11,15,22,24H,4H2,1-3H3,(H,23,25)/b21-11+. The normalized spacial score (nSPS) is 12.0. The van der Waals surface area contributed by atoms with Gasteiger partial charge in [-0.15, -0.1) is 0 Å². The molecular weight excluding hydrogens is 445 g/mol. The minimum atomic E-state index is -0.412. The van der Waals surface area contributed by atoms with Gasteiger partial charge in [-0.25, -0.2) is 5.43 Å². The summed E-state index contributed by atoms with van der Waals surface area (Å²) in [5.41, 5.74) is 4.97. The molecule has 7 heteroatoms. The third-order valence-corrected chi connectivity index (χ3v) is 4.54. The van der Waals surface area contributed by atoms with Crippen molar-refractivity contribution in [3.63, 3.8) is 0 Å². The second-order valence-electron chi connectivity index (χ2n) is 5.70. The van der Waals surface area contributed by atoms with E-state index in [0.29, 0.717) is 17.7 Å². The molecule has 0 saturated heterocycles. The summed E-state index contributed by atoms with van der Waals surface area (Å²) in [5.74, 6) is 0.0827. The Kier molecular flexibility index (Phi) is 7.26. The Hall–Kier alpha value is -2.29. The zero-order valence-electron chi connectivity index (χ0n) is 14.9. The van der Waals surface area contributed by atoms with Crippen LogP contribution in [0.3, 0.4) is 0 Å². The van der Waals surface area contributed by atoms with Crippen molar-refractivity contribution in [2.75, 3.05) is 12.4 Å². The van der Waals surface area contributed by atoms with Crippen LogP contribution in [0.4, 0.5) is 5.69 Å². The predicted octanol–water partition coefficient (Wildman–Crippen LogP) is 3.65. The number of hydrogen-bond donors (Lipinski definition) is 3. The maximum atomic E-state index is 12.4. The van der Waals surface area contributed by atoms with Crippen molar-refractivity contribution in [3.05, 3.63) is 51.1 Å². The number of carbonyl (C=O) groups is 1. The van der Waals surface area contributed by atoms with Crippen molar-refractivity contribution in [2.45, 2.75) is 26.3 Å². The second kappa shape index (κ2) is 9.42. The van der Waals surface area contributed by atoms with E-state index >= 15 is 0 Å². The number of para-hydroxylation sites is 1. The number of amides is 1. The van der Waals surface area contributed by atoms with Gasteiger partial charge >= 0.3 is 0 Å². The van der Waals surface area contributed by atoms with Crippen molar-refractivity contribution < 1.29 is 14.6 Å². The zero-order valence-corrected chi connectivity index (χ0v) is 17.1. The number of aryl methyl sites for hydroxylation is 1. The van der Waals surface area contributed by atoms with Gasteiger partial charge in [-0.3, -0.25) is 4.79 Å². The largest absolute Gasteiger partial charge is 0.504 e. The summed E-state index contributed by atoms with van der Waals surface area (Å²) in [7, 11) is 1.47. The summed E-state index contributed by atoms with van der Waals surface area (Å²) in [6.45, 7) is 3.93. The molecule has 1 amide bonds. The van der Waals surface area contributed by atoms with Crippen LogP contribution in [0.2, 0.25) is 0 Å². The van der Waals surface area contributed by atoms with Crippen LogP contribution in [0.1, 0.15) is 24.5 Å². The average Bonchev–Trinajstić information content (AvgIpc) is 2.62. The van der Waals surface area contributed by atoms with Gasteiger partial charge < -0.3 is 15.2 Å². The van der Waals surface area contributed by atoms with Crippen molar-refractivity contribution in [3.8, 4) is 11.5 Å². The first-order valence-corrected chi connectivity index (χ1v) is 9.25. The maximum absolute atomic E-state index is 12.4. The summed E-state index contributed by atoms with van der Waals surface area (Å²) in [6, 6.07) is 10.7. The highest BCUT2D eigenvalue weighted by molar-refractivity contribution is 14.1. The summed E-state index contributed by atoms with van der Waals surface area (Å²) >= 11 is 2.25. The van der Waals surface area contributed by atoms with E-state index in [1.54, 1.807) is 18.2 Å². The van der Waals surface area contributed by atoms with E-state index in [1.807, 2.05) is 26.0 Å². The molecule has 2 aromatic rings. The van der Waals surface area contributed by atoms with Crippen LogP contribution in [0, 0.1) is 10.5 Å².